The van der Waals surface area contributed by atoms with Crippen LogP contribution in [0.5, 0.6) is 11.5 Å². The fourth-order valence-electron chi connectivity index (χ4n) is 2.28. The molecule has 0 saturated carbocycles. The Morgan fingerprint density at radius 2 is 1.70 bits per heavy atom. The van der Waals surface area contributed by atoms with Crippen LogP contribution in [0.4, 0.5) is 5.69 Å². The molecule has 2 aromatic rings. The number of hydrogen-bond donors (Lipinski definition) is 2. The fourth-order valence-corrected chi connectivity index (χ4v) is 3.75. The van der Waals surface area contributed by atoms with Crippen LogP contribution in [0, 0.1) is 0 Å². The smallest absolute Gasteiger partial charge is 0.262 e. The molecule has 2 aromatic carbocycles. The van der Waals surface area contributed by atoms with Gasteiger partial charge in [-0.05, 0) is 51.1 Å². The third-order valence-corrected chi connectivity index (χ3v) is 5.05. The number of carbonyl (C=O) groups is 1. The molecule has 2 rings (SSSR count). The third-order valence-electron chi connectivity index (χ3n) is 3.30. The number of para-hydroxylation sites is 2. The van der Waals surface area contributed by atoms with Crippen LogP contribution >= 0.6 is 0 Å². The number of nitrogens with one attached hydrogen (secondary N) is 2. The summed E-state index contributed by atoms with van der Waals surface area (Å²) in [4.78, 5) is 12.2. The number of anilines is 1. The molecule has 2 N–H and O–H groups in total. The number of methoxy groups -OCH3 is 1. The average Bonchev–Trinajstić information content (AvgIpc) is 2.58. The van der Waals surface area contributed by atoms with Gasteiger partial charge in [0, 0.05) is 11.2 Å². The van der Waals surface area contributed by atoms with E-state index in [1.54, 1.807) is 57.2 Å². The number of sulfonamides is 1. The summed E-state index contributed by atoms with van der Waals surface area (Å²) in [6, 6.07) is 13.0. The molecule has 0 atom stereocenters. The Hall–Kier alpha value is -2.58. The summed E-state index contributed by atoms with van der Waals surface area (Å²) < 4.78 is 38.0. The maximum atomic E-state index is 12.4. The van der Waals surface area contributed by atoms with E-state index >= 15 is 0 Å². The van der Waals surface area contributed by atoms with Crippen molar-refractivity contribution in [1.29, 1.82) is 0 Å². The highest BCUT2D eigenvalue weighted by Gasteiger charge is 2.22. The van der Waals surface area contributed by atoms with Crippen LogP contribution in [0.1, 0.15) is 20.8 Å². The van der Waals surface area contributed by atoms with Crippen LogP contribution in [0.15, 0.2) is 53.4 Å². The zero-order valence-electron chi connectivity index (χ0n) is 15.8. The number of benzene rings is 2. The van der Waals surface area contributed by atoms with E-state index in [-0.39, 0.29) is 11.5 Å². The molecule has 0 spiro atoms. The molecule has 0 aliphatic rings. The summed E-state index contributed by atoms with van der Waals surface area (Å²) in [6.07, 6.45) is 0. The number of rotatable bonds is 7. The lowest BCUT2D eigenvalue weighted by Crippen LogP contribution is -2.40. The Morgan fingerprint density at radius 3 is 2.33 bits per heavy atom. The number of ether oxygens (including phenoxy) is 2. The Balaban J connectivity index is 2.04. The average molecular weight is 392 g/mol. The van der Waals surface area contributed by atoms with Crippen molar-refractivity contribution in [2.45, 2.75) is 31.2 Å². The second kappa shape index (κ2) is 8.41. The molecule has 7 nitrogen and oxygen atoms in total. The summed E-state index contributed by atoms with van der Waals surface area (Å²) in [7, 11) is -2.18. The topological polar surface area (TPSA) is 93.7 Å². The zero-order chi connectivity index (χ0) is 20.1. The van der Waals surface area contributed by atoms with Crippen molar-refractivity contribution in [3.8, 4) is 11.5 Å². The molecule has 0 saturated heterocycles. The van der Waals surface area contributed by atoms with E-state index in [0.717, 1.165) is 0 Å². The summed E-state index contributed by atoms with van der Waals surface area (Å²) in [5, 5.41) is 2.63. The second-order valence-corrected chi connectivity index (χ2v) is 8.55. The van der Waals surface area contributed by atoms with Gasteiger partial charge >= 0.3 is 0 Å². The predicted molar refractivity (Wildman–Crippen MR) is 104 cm³/mol. The first kappa shape index (κ1) is 20.7. The van der Waals surface area contributed by atoms with Gasteiger partial charge in [-0.1, -0.05) is 18.2 Å². The van der Waals surface area contributed by atoms with Crippen molar-refractivity contribution in [3.63, 3.8) is 0 Å². The molecule has 8 heteroatoms. The van der Waals surface area contributed by atoms with E-state index in [9.17, 15) is 13.2 Å². The maximum Gasteiger partial charge on any atom is 0.262 e. The second-order valence-electron chi connectivity index (χ2n) is 6.87. The molecular weight excluding hydrogens is 368 g/mol. The van der Waals surface area contributed by atoms with Gasteiger partial charge in [0.1, 0.15) is 0 Å². The SMILES string of the molecule is COc1ccccc1OCC(=O)Nc1cccc(S(=O)(=O)NC(C)(C)C)c1. The largest absolute Gasteiger partial charge is 0.493 e. The Bertz CT molecular complexity index is 904. The summed E-state index contributed by atoms with van der Waals surface area (Å²) >= 11 is 0. The van der Waals surface area contributed by atoms with Crippen molar-refractivity contribution in [2.75, 3.05) is 19.0 Å². The van der Waals surface area contributed by atoms with Gasteiger partial charge in [-0.2, -0.15) is 0 Å². The highest BCUT2D eigenvalue weighted by Crippen LogP contribution is 2.25. The minimum Gasteiger partial charge on any atom is -0.493 e. The van der Waals surface area contributed by atoms with Crippen LogP contribution < -0.4 is 19.5 Å². The predicted octanol–water partition coefficient (Wildman–Crippen LogP) is 2.79. The first-order valence-electron chi connectivity index (χ1n) is 8.30. The van der Waals surface area contributed by atoms with Gasteiger partial charge in [0.2, 0.25) is 10.0 Å². The Labute approximate surface area is 159 Å². The van der Waals surface area contributed by atoms with Gasteiger partial charge < -0.3 is 14.8 Å². The van der Waals surface area contributed by atoms with Crippen LogP contribution in [0.3, 0.4) is 0 Å². The van der Waals surface area contributed by atoms with Crippen molar-refractivity contribution in [3.05, 3.63) is 48.5 Å². The normalized spacial score (nSPS) is 11.7. The van der Waals surface area contributed by atoms with Gasteiger partial charge in [-0.25, -0.2) is 13.1 Å². The minimum absolute atomic E-state index is 0.0703. The lowest BCUT2D eigenvalue weighted by molar-refractivity contribution is -0.118. The van der Waals surface area contributed by atoms with Crippen LogP contribution in [0.25, 0.3) is 0 Å². The summed E-state index contributed by atoms with van der Waals surface area (Å²) in [5.74, 6) is 0.548. The highest BCUT2D eigenvalue weighted by molar-refractivity contribution is 7.89. The van der Waals surface area contributed by atoms with Crippen molar-refractivity contribution < 1.29 is 22.7 Å². The lowest BCUT2D eigenvalue weighted by atomic mass is 10.1. The molecule has 146 valence electrons. The van der Waals surface area contributed by atoms with Crippen molar-refractivity contribution in [1.82, 2.24) is 4.72 Å². The Kier molecular flexibility index (Phi) is 6.45. The lowest BCUT2D eigenvalue weighted by Gasteiger charge is -2.20. The van der Waals surface area contributed by atoms with Gasteiger partial charge in [0.05, 0.1) is 12.0 Å². The van der Waals surface area contributed by atoms with E-state index in [0.29, 0.717) is 17.2 Å². The van der Waals surface area contributed by atoms with E-state index in [2.05, 4.69) is 10.0 Å². The molecule has 0 aliphatic carbocycles. The summed E-state index contributed by atoms with van der Waals surface area (Å²) in [5.41, 5.74) is -0.249. The van der Waals surface area contributed by atoms with Gasteiger partial charge in [0.15, 0.2) is 18.1 Å². The molecule has 0 bridgehead atoms. The fraction of sp³-hybridized carbons (Fsp3) is 0.316. The molecule has 0 unspecified atom stereocenters. The van der Waals surface area contributed by atoms with Gasteiger partial charge in [0.25, 0.3) is 5.91 Å². The summed E-state index contributed by atoms with van der Waals surface area (Å²) in [6.45, 7) is 5.03. The molecular formula is C19H24N2O5S. The first-order chi connectivity index (χ1) is 12.6. The standard InChI is InChI=1S/C19H24N2O5S/c1-19(2,3)21-27(23,24)15-9-7-8-14(12-15)20-18(22)13-26-17-11-6-5-10-16(17)25-4/h5-12,21H,13H2,1-4H3,(H,20,22). The molecule has 0 heterocycles. The molecule has 1 amide bonds. The van der Waals surface area contributed by atoms with Crippen molar-refractivity contribution >= 4 is 21.6 Å². The van der Waals surface area contributed by atoms with Crippen molar-refractivity contribution in [2.24, 2.45) is 0 Å². The molecule has 0 aliphatic heterocycles. The number of carbonyl (C=O) groups excluding carboxylic acids is 1. The monoisotopic (exact) mass is 392 g/mol. The van der Waals surface area contributed by atoms with Crippen LogP contribution in [0.2, 0.25) is 0 Å². The van der Waals surface area contributed by atoms with Gasteiger partial charge in [-0.3, -0.25) is 4.79 Å². The molecule has 0 radical (unpaired) electrons. The number of amides is 1. The van der Waals surface area contributed by atoms with E-state index in [1.165, 1.54) is 19.2 Å². The van der Waals surface area contributed by atoms with Crippen LogP contribution in [-0.4, -0.2) is 33.6 Å². The molecule has 27 heavy (non-hydrogen) atoms. The molecule has 0 fully saturated rings. The third kappa shape index (κ3) is 6.26. The van der Waals surface area contributed by atoms with E-state index in [1.807, 2.05) is 0 Å². The van der Waals surface area contributed by atoms with Gasteiger partial charge in [-0.15, -0.1) is 0 Å². The first-order valence-corrected chi connectivity index (χ1v) is 9.79. The number of hydrogen-bond acceptors (Lipinski definition) is 5. The van der Waals surface area contributed by atoms with E-state index in [4.69, 9.17) is 9.47 Å². The highest BCUT2D eigenvalue weighted by atomic mass is 32.2. The zero-order valence-corrected chi connectivity index (χ0v) is 16.6. The van der Waals surface area contributed by atoms with Crippen LogP contribution in [-0.2, 0) is 14.8 Å². The quantitative estimate of drug-likeness (QED) is 0.756. The molecule has 0 aromatic heterocycles. The maximum absolute atomic E-state index is 12.4. The Morgan fingerprint density at radius 1 is 1.04 bits per heavy atom. The van der Waals surface area contributed by atoms with E-state index < -0.39 is 21.5 Å². The minimum atomic E-state index is -3.69.